The van der Waals surface area contributed by atoms with Crippen LogP contribution >= 0.6 is 0 Å². The monoisotopic (exact) mass is 794 g/mol. The van der Waals surface area contributed by atoms with Crippen LogP contribution in [0.1, 0.15) is 77.8 Å². The first kappa shape index (κ1) is 38.6. The molecule has 3 N–H and O–H groups in total. The highest BCUT2D eigenvalue weighted by Crippen LogP contribution is 2.69. The maximum atomic E-state index is 14.1. The van der Waals surface area contributed by atoms with Crippen LogP contribution < -0.4 is 9.47 Å². The van der Waals surface area contributed by atoms with Gasteiger partial charge in [-0.3, -0.25) is 9.59 Å². The lowest BCUT2D eigenvalue weighted by Crippen LogP contribution is -2.59. The lowest BCUT2D eigenvalue weighted by molar-refractivity contribution is -0.169. The van der Waals surface area contributed by atoms with Gasteiger partial charge in [-0.1, -0.05) is 66.7 Å². The average Bonchev–Trinajstić information content (AvgIpc) is 3.21. The van der Waals surface area contributed by atoms with Crippen LogP contribution in [0.3, 0.4) is 0 Å². The number of methoxy groups -OCH3 is 2. The first-order valence-electron chi connectivity index (χ1n) is 20.7. The standard InChI is InChI=1S/C50H50O9/c1-28(51)58-45-25-37(59-48(55)18-30-9-10-32-20-36(52)13-11-31(32)17-30)24-40-38-27-47(57-3)43(53)22-34(38)19-33-12-14-41-39-26-44(54)46(56-2)23-35(39)21-42(45)50(41,49(33)40)16-15-29-7-5-4-6-8-29/h4-11,13,15-17,20,22-23,26-27,33,37,40-42,45,49,52-54H,12,14,18-19,21,24-25H2,1-3H3/t33-,37-,40-,41-,42+,45-,49+,50-/m0/s1. The Kier molecular flexibility index (Phi) is 10.0. The summed E-state index contributed by atoms with van der Waals surface area (Å²) in [5, 5.41) is 34.1. The first-order valence-corrected chi connectivity index (χ1v) is 20.7. The molecule has 304 valence electrons. The zero-order chi connectivity index (χ0) is 41.0. The van der Waals surface area contributed by atoms with Crippen molar-refractivity contribution in [2.45, 2.75) is 75.9 Å². The highest BCUT2D eigenvalue weighted by Gasteiger charge is 2.63. The molecule has 0 radical (unpaired) electrons. The second-order valence-corrected chi connectivity index (χ2v) is 17.0. The Balaban J connectivity index is 1.21. The van der Waals surface area contributed by atoms with E-state index in [1.807, 2.05) is 66.7 Å². The van der Waals surface area contributed by atoms with E-state index in [-0.39, 0.29) is 59.2 Å². The molecule has 0 amide bonds. The number of carbonyl (C=O) groups excluding carboxylic acids is 2. The van der Waals surface area contributed by atoms with E-state index in [0.29, 0.717) is 30.8 Å². The van der Waals surface area contributed by atoms with Gasteiger partial charge >= 0.3 is 11.9 Å². The molecule has 8 atom stereocenters. The van der Waals surface area contributed by atoms with Crippen molar-refractivity contribution >= 4 is 28.8 Å². The Hall–Kier alpha value is -5.96. The summed E-state index contributed by atoms with van der Waals surface area (Å²) in [6.45, 7) is 1.45. The second-order valence-electron chi connectivity index (χ2n) is 17.0. The van der Waals surface area contributed by atoms with Crippen LogP contribution in [0.4, 0.5) is 0 Å². The molecule has 5 aromatic carbocycles. The maximum Gasteiger partial charge on any atom is 0.310 e. The Bertz CT molecular complexity index is 2460. The Morgan fingerprint density at radius 3 is 2.27 bits per heavy atom. The zero-order valence-corrected chi connectivity index (χ0v) is 33.6. The van der Waals surface area contributed by atoms with Crippen molar-refractivity contribution < 1.29 is 43.9 Å². The number of phenolic OH excluding ortho intramolecular Hbond substituents is 3. The van der Waals surface area contributed by atoms with Crippen LogP contribution in [-0.2, 0) is 38.3 Å². The minimum absolute atomic E-state index is 0.00168. The number of esters is 2. The van der Waals surface area contributed by atoms with Gasteiger partial charge in [0.2, 0.25) is 0 Å². The molecule has 4 aliphatic rings. The fourth-order valence-corrected chi connectivity index (χ4v) is 11.7. The number of ether oxygens (including phenoxy) is 4. The minimum atomic E-state index is -0.607. The van der Waals surface area contributed by atoms with Gasteiger partial charge in [0.25, 0.3) is 0 Å². The number of hydrogen-bond donors (Lipinski definition) is 3. The molecule has 0 bridgehead atoms. The highest BCUT2D eigenvalue weighted by atomic mass is 16.6. The van der Waals surface area contributed by atoms with Crippen molar-refractivity contribution in [2.75, 3.05) is 14.2 Å². The number of fused-ring (bicyclic) bond motifs is 5. The van der Waals surface area contributed by atoms with Crippen molar-refractivity contribution in [1.82, 2.24) is 0 Å². The molecule has 0 unspecified atom stereocenters. The molecular weight excluding hydrogens is 745 g/mol. The Morgan fingerprint density at radius 2 is 1.49 bits per heavy atom. The van der Waals surface area contributed by atoms with E-state index in [2.05, 4.69) is 24.3 Å². The number of benzene rings is 5. The summed E-state index contributed by atoms with van der Waals surface area (Å²) in [5.41, 5.74) is 5.55. The Labute approximate surface area is 344 Å². The lowest BCUT2D eigenvalue weighted by Gasteiger charge is -2.64. The quantitative estimate of drug-likeness (QED) is 0.132. The average molecular weight is 795 g/mol. The molecule has 5 aromatic rings. The predicted molar refractivity (Wildman–Crippen MR) is 224 cm³/mol. The molecule has 4 aliphatic carbocycles. The number of rotatable bonds is 8. The van der Waals surface area contributed by atoms with Gasteiger partial charge in [-0.15, -0.1) is 0 Å². The summed E-state index contributed by atoms with van der Waals surface area (Å²) in [5.74, 6) is 0.193. The number of carbonyl (C=O) groups is 2. The molecular formula is C50H50O9. The van der Waals surface area contributed by atoms with Crippen molar-refractivity contribution in [3.8, 4) is 28.7 Å². The van der Waals surface area contributed by atoms with E-state index in [9.17, 15) is 24.9 Å². The number of aromatic hydroxyl groups is 3. The van der Waals surface area contributed by atoms with Gasteiger partial charge in [-0.25, -0.2) is 0 Å². The smallest absolute Gasteiger partial charge is 0.310 e. The van der Waals surface area contributed by atoms with Crippen molar-refractivity contribution in [3.63, 3.8) is 0 Å². The summed E-state index contributed by atoms with van der Waals surface area (Å²) in [6.07, 6.45) is 7.27. The predicted octanol–water partition coefficient (Wildman–Crippen LogP) is 9.18. The number of phenols is 3. The van der Waals surface area contributed by atoms with E-state index in [4.69, 9.17) is 18.9 Å². The van der Waals surface area contributed by atoms with Crippen LogP contribution in [0.2, 0.25) is 0 Å². The number of allylic oxidation sites excluding steroid dienone is 1. The fraction of sp³-hybridized carbons (Fsp3) is 0.360. The highest BCUT2D eigenvalue weighted by molar-refractivity contribution is 5.85. The molecule has 0 spiro atoms. The van der Waals surface area contributed by atoms with Crippen LogP contribution in [0.15, 0.2) is 97.1 Å². The molecule has 59 heavy (non-hydrogen) atoms. The second kappa shape index (κ2) is 15.3. The van der Waals surface area contributed by atoms with Gasteiger partial charge in [-0.05, 0) is 136 Å². The normalized spacial score (nSPS) is 26.7. The molecule has 9 nitrogen and oxygen atoms in total. The molecule has 0 aromatic heterocycles. The molecule has 2 saturated carbocycles. The van der Waals surface area contributed by atoms with E-state index in [1.165, 1.54) is 6.92 Å². The maximum absolute atomic E-state index is 14.1. The van der Waals surface area contributed by atoms with Crippen molar-refractivity contribution in [2.24, 2.45) is 23.2 Å². The molecule has 9 heteroatoms. The third kappa shape index (κ3) is 6.94. The summed E-state index contributed by atoms with van der Waals surface area (Å²) >= 11 is 0. The van der Waals surface area contributed by atoms with Gasteiger partial charge in [0, 0.05) is 24.7 Å². The van der Waals surface area contributed by atoms with Crippen molar-refractivity contribution in [1.29, 1.82) is 0 Å². The molecule has 0 saturated heterocycles. The van der Waals surface area contributed by atoms with Crippen LogP contribution in [-0.4, -0.2) is 53.7 Å². The summed E-state index contributed by atoms with van der Waals surface area (Å²) < 4.78 is 24.3. The van der Waals surface area contributed by atoms with E-state index in [1.54, 1.807) is 26.4 Å². The van der Waals surface area contributed by atoms with Gasteiger partial charge in [0.1, 0.15) is 18.0 Å². The Morgan fingerprint density at radius 1 is 0.763 bits per heavy atom. The lowest BCUT2D eigenvalue weighted by atomic mass is 9.40. The first-order chi connectivity index (χ1) is 28.5. The van der Waals surface area contributed by atoms with Gasteiger partial charge in [0.15, 0.2) is 23.0 Å². The molecule has 2 fully saturated rings. The summed E-state index contributed by atoms with van der Waals surface area (Å²) in [4.78, 5) is 27.3. The van der Waals surface area contributed by atoms with Crippen molar-refractivity contribution in [3.05, 3.63) is 130 Å². The van der Waals surface area contributed by atoms with Crippen LogP contribution in [0.5, 0.6) is 28.7 Å². The summed E-state index contributed by atoms with van der Waals surface area (Å²) in [7, 11) is 3.11. The van der Waals surface area contributed by atoms with Crippen LogP contribution in [0.25, 0.3) is 16.8 Å². The van der Waals surface area contributed by atoms with E-state index >= 15 is 0 Å². The molecule has 0 heterocycles. The third-order valence-electron chi connectivity index (χ3n) is 13.8. The zero-order valence-electron chi connectivity index (χ0n) is 33.6. The van der Waals surface area contributed by atoms with Gasteiger partial charge in [-0.2, -0.15) is 0 Å². The minimum Gasteiger partial charge on any atom is -0.508 e. The summed E-state index contributed by atoms with van der Waals surface area (Å²) in [6, 6.07) is 28.8. The van der Waals surface area contributed by atoms with E-state index in [0.717, 1.165) is 63.4 Å². The number of hydrogen-bond acceptors (Lipinski definition) is 9. The third-order valence-corrected chi connectivity index (χ3v) is 13.8. The molecule has 0 aliphatic heterocycles. The topological polar surface area (TPSA) is 132 Å². The SMILES string of the molecule is COc1cc2c(cc1O)[C@@H]1CC[C@H]3Cc4cc(O)c(OC)cc4[C@@H]4C[C@H](OC(=O)Cc5ccc6cc(O)ccc6c5)C[C@H](OC(C)=O)[C@@H](C2)[C@@]1(C=Cc1ccccc1)[C@H]34. The molecule has 9 rings (SSSR count). The van der Waals surface area contributed by atoms with E-state index < -0.39 is 23.6 Å². The fourth-order valence-electron chi connectivity index (χ4n) is 11.7. The largest absolute Gasteiger partial charge is 0.508 e. The van der Waals surface area contributed by atoms with Crippen LogP contribution in [0, 0.1) is 23.2 Å². The van der Waals surface area contributed by atoms with Gasteiger partial charge in [0.05, 0.1) is 20.6 Å². The van der Waals surface area contributed by atoms with Gasteiger partial charge < -0.3 is 34.3 Å².